The van der Waals surface area contributed by atoms with Crippen LogP contribution in [0.25, 0.3) is 11.4 Å². The van der Waals surface area contributed by atoms with E-state index in [9.17, 15) is 0 Å². The topological polar surface area (TPSA) is 135 Å². The minimum atomic E-state index is -5.05. The fourth-order valence-corrected chi connectivity index (χ4v) is 8.53. The van der Waals surface area contributed by atoms with E-state index in [-0.39, 0.29) is 43.0 Å². The van der Waals surface area contributed by atoms with E-state index in [1.165, 1.54) is 32.1 Å². The highest BCUT2D eigenvalue weighted by molar-refractivity contribution is 7.89. The lowest BCUT2D eigenvalue weighted by Crippen LogP contribution is -2.33. The highest BCUT2D eigenvalue weighted by atomic mass is 32.2. The van der Waals surface area contributed by atoms with Gasteiger partial charge in [0.15, 0.2) is 5.82 Å². The number of rotatable bonds is 13. The molecule has 1 aromatic heterocycles. The highest BCUT2D eigenvalue weighted by Crippen LogP contribution is 2.46. The number of ether oxygens (including phenoxy) is 3. The molecule has 1 fully saturated rings. The molecular formula is C38H41F3N6O5S. The van der Waals surface area contributed by atoms with Gasteiger partial charge in [-0.2, -0.15) is 17.5 Å². The van der Waals surface area contributed by atoms with Crippen molar-refractivity contribution >= 4 is 10.0 Å². The van der Waals surface area contributed by atoms with Gasteiger partial charge in [0.1, 0.15) is 22.1 Å². The standard InChI is InChI=1S/C38H41F3N6O5S/c1-50-30-14-4-25(5-15-30)22-46(23-26-6-16-31(51-2)17-7-26)53(48,49)36-34(38(39,40)41)21-20-33(28-10-12-29(42)13-11-28)35(36)37-43-44-45-47(37)24-27-8-18-32(52-3)19-9-27/h4-9,14-21,28-29H,10-13,22-24,42H2,1-3H3. The second-order valence-corrected chi connectivity index (χ2v) is 14.9. The largest absolute Gasteiger partial charge is 0.497 e. The fraction of sp³-hybridized carbons (Fsp3) is 0.342. The van der Waals surface area contributed by atoms with Crippen molar-refractivity contribution in [1.29, 1.82) is 0 Å². The van der Waals surface area contributed by atoms with Crippen molar-refractivity contribution in [2.24, 2.45) is 5.73 Å². The third kappa shape index (κ3) is 8.47. The Balaban J connectivity index is 1.57. The predicted octanol–water partition coefficient (Wildman–Crippen LogP) is 6.81. The van der Waals surface area contributed by atoms with Crippen molar-refractivity contribution in [3.8, 4) is 28.6 Å². The van der Waals surface area contributed by atoms with Gasteiger partial charge >= 0.3 is 6.18 Å². The minimum Gasteiger partial charge on any atom is -0.497 e. The first-order valence-corrected chi connectivity index (χ1v) is 18.5. The lowest BCUT2D eigenvalue weighted by atomic mass is 9.79. The normalized spacial score (nSPS) is 16.5. The Morgan fingerprint density at radius 3 is 1.72 bits per heavy atom. The Morgan fingerprint density at radius 2 is 1.25 bits per heavy atom. The van der Waals surface area contributed by atoms with Gasteiger partial charge < -0.3 is 19.9 Å². The lowest BCUT2D eigenvalue weighted by molar-refractivity contribution is -0.139. The second-order valence-electron chi connectivity index (χ2n) is 13.0. The first-order chi connectivity index (χ1) is 25.4. The molecule has 0 atom stereocenters. The summed E-state index contributed by atoms with van der Waals surface area (Å²) in [6, 6.07) is 22.6. The van der Waals surface area contributed by atoms with Crippen LogP contribution in [0.2, 0.25) is 0 Å². The van der Waals surface area contributed by atoms with Crippen molar-refractivity contribution in [1.82, 2.24) is 24.5 Å². The van der Waals surface area contributed by atoms with Crippen molar-refractivity contribution in [3.63, 3.8) is 0 Å². The summed E-state index contributed by atoms with van der Waals surface area (Å²) in [6.45, 7) is -0.429. The molecule has 4 aromatic carbocycles. The Kier molecular flexibility index (Phi) is 11.4. The van der Waals surface area contributed by atoms with Gasteiger partial charge in [-0.3, -0.25) is 0 Å². The van der Waals surface area contributed by atoms with Gasteiger partial charge in [-0.25, -0.2) is 13.1 Å². The summed E-state index contributed by atoms with van der Waals surface area (Å²) in [5.41, 5.74) is 6.97. The first kappa shape index (κ1) is 37.8. The maximum atomic E-state index is 15.3. The van der Waals surface area contributed by atoms with Gasteiger partial charge in [-0.1, -0.05) is 42.5 Å². The van der Waals surface area contributed by atoms with E-state index < -0.39 is 26.7 Å². The second kappa shape index (κ2) is 15.9. The number of benzene rings is 4. The molecule has 280 valence electrons. The molecule has 0 amide bonds. The van der Waals surface area contributed by atoms with E-state index in [2.05, 4.69) is 15.5 Å². The van der Waals surface area contributed by atoms with Gasteiger partial charge in [-0.15, -0.1) is 5.10 Å². The monoisotopic (exact) mass is 750 g/mol. The average Bonchev–Trinajstić information content (AvgIpc) is 3.62. The maximum Gasteiger partial charge on any atom is 0.417 e. The molecule has 0 saturated heterocycles. The van der Waals surface area contributed by atoms with Gasteiger partial charge in [0.05, 0.1) is 33.4 Å². The van der Waals surface area contributed by atoms with E-state index in [0.29, 0.717) is 59.6 Å². The molecule has 1 heterocycles. The van der Waals surface area contributed by atoms with Crippen LogP contribution in [-0.2, 0) is 35.8 Å². The van der Waals surface area contributed by atoms with Crippen LogP contribution in [0.15, 0.2) is 89.8 Å². The molecular weight excluding hydrogens is 710 g/mol. The van der Waals surface area contributed by atoms with Gasteiger partial charge in [0.2, 0.25) is 10.0 Å². The summed E-state index contributed by atoms with van der Waals surface area (Å²) in [4.78, 5) is -0.898. The molecule has 0 unspecified atom stereocenters. The third-order valence-electron chi connectivity index (χ3n) is 9.59. The Bertz CT molecular complexity index is 2050. The molecule has 1 aliphatic carbocycles. The molecule has 53 heavy (non-hydrogen) atoms. The molecule has 11 nitrogen and oxygen atoms in total. The smallest absolute Gasteiger partial charge is 0.417 e. The average molecular weight is 751 g/mol. The molecule has 5 aromatic rings. The number of hydrogen-bond donors (Lipinski definition) is 1. The number of methoxy groups -OCH3 is 3. The molecule has 1 saturated carbocycles. The van der Waals surface area contributed by atoms with E-state index in [1.54, 1.807) is 72.8 Å². The summed E-state index contributed by atoms with van der Waals surface area (Å²) in [6.07, 6.45) is -2.68. The van der Waals surface area contributed by atoms with Crippen molar-refractivity contribution < 1.29 is 35.8 Å². The number of alkyl halides is 3. The van der Waals surface area contributed by atoms with Crippen molar-refractivity contribution in [2.45, 2.75) is 68.3 Å². The minimum absolute atomic E-state index is 0.0540. The zero-order chi connectivity index (χ0) is 37.8. The fourth-order valence-electron chi connectivity index (χ4n) is 6.71. The summed E-state index contributed by atoms with van der Waals surface area (Å²) in [7, 11) is -0.421. The van der Waals surface area contributed by atoms with Crippen LogP contribution in [0.3, 0.4) is 0 Å². The van der Waals surface area contributed by atoms with Crippen LogP contribution >= 0.6 is 0 Å². The zero-order valence-corrected chi connectivity index (χ0v) is 30.4. The van der Waals surface area contributed by atoms with E-state index in [0.717, 1.165) is 15.9 Å². The van der Waals surface area contributed by atoms with Crippen molar-refractivity contribution in [2.75, 3.05) is 21.3 Å². The number of sulfonamides is 1. The molecule has 0 bridgehead atoms. The number of halogens is 3. The summed E-state index contributed by atoms with van der Waals surface area (Å²) in [5.74, 6) is 1.32. The van der Waals surface area contributed by atoms with Crippen LogP contribution < -0.4 is 19.9 Å². The van der Waals surface area contributed by atoms with E-state index in [4.69, 9.17) is 19.9 Å². The van der Waals surface area contributed by atoms with Crippen LogP contribution in [0.4, 0.5) is 13.2 Å². The number of aromatic nitrogens is 4. The van der Waals surface area contributed by atoms with E-state index >= 15 is 21.6 Å². The van der Waals surface area contributed by atoms with Crippen LogP contribution in [-0.4, -0.2) is 60.3 Å². The van der Waals surface area contributed by atoms with E-state index in [1.807, 2.05) is 0 Å². The molecule has 0 spiro atoms. The van der Waals surface area contributed by atoms with Crippen molar-refractivity contribution in [3.05, 3.63) is 113 Å². The summed E-state index contributed by atoms with van der Waals surface area (Å²) in [5, 5.41) is 12.2. The number of nitrogens with two attached hydrogens (primary N) is 1. The lowest BCUT2D eigenvalue weighted by Gasteiger charge is -2.31. The SMILES string of the molecule is COc1ccc(CN(Cc2ccc(OC)cc2)S(=O)(=O)c2c(C(F)(F)F)ccc(C3CCC(N)CC3)c2-c2nnnn2Cc2ccc(OC)cc2)cc1. The first-order valence-electron chi connectivity index (χ1n) is 17.1. The molecule has 0 radical (unpaired) electrons. The van der Waals surface area contributed by atoms with Gasteiger partial charge in [-0.05, 0) is 107 Å². The predicted molar refractivity (Wildman–Crippen MR) is 192 cm³/mol. The molecule has 6 rings (SSSR count). The molecule has 1 aliphatic rings. The summed E-state index contributed by atoms with van der Waals surface area (Å²) < 4.78 is 94.4. The van der Waals surface area contributed by atoms with Crippen LogP contribution in [0, 0.1) is 0 Å². The number of hydrogen-bond acceptors (Lipinski definition) is 9. The Labute approximate surface area is 306 Å². The quantitative estimate of drug-likeness (QED) is 0.138. The van der Waals surface area contributed by atoms with Crippen LogP contribution in [0.5, 0.6) is 17.2 Å². The molecule has 15 heteroatoms. The Hall–Kier alpha value is -4.99. The molecule has 0 aliphatic heterocycles. The molecule has 2 N–H and O–H groups in total. The third-order valence-corrected chi connectivity index (χ3v) is 11.5. The zero-order valence-electron chi connectivity index (χ0n) is 29.6. The van der Waals surface area contributed by atoms with Gasteiger partial charge in [0, 0.05) is 24.7 Å². The van der Waals surface area contributed by atoms with Crippen LogP contribution in [0.1, 0.15) is 59.4 Å². The van der Waals surface area contributed by atoms with Gasteiger partial charge in [0.25, 0.3) is 0 Å². The summed E-state index contributed by atoms with van der Waals surface area (Å²) >= 11 is 0. The Morgan fingerprint density at radius 1 is 0.755 bits per heavy atom. The maximum absolute atomic E-state index is 15.3. The highest BCUT2D eigenvalue weighted by Gasteiger charge is 2.44. The number of nitrogens with zero attached hydrogens (tertiary/aromatic N) is 5. The number of tetrazole rings is 1.